The molecule has 0 atom stereocenters. The molecule has 0 heterocycles. The number of halogens is 2. The fourth-order valence-electron chi connectivity index (χ4n) is 1.81. The van der Waals surface area contributed by atoms with Crippen LogP contribution in [-0.2, 0) is 4.79 Å². The maximum absolute atomic E-state index is 13.5. The highest BCUT2D eigenvalue weighted by Crippen LogP contribution is 2.24. The summed E-state index contributed by atoms with van der Waals surface area (Å²) in [5.41, 5.74) is -0.571. The number of carbonyl (C=O) groups excluding carboxylic acids is 1. The van der Waals surface area contributed by atoms with E-state index < -0.39 is 16.6 Å². The molecule has 24 heavy (non-hydrogen) atoms. The van der Waals surface area contributed by atoms with Crippen LogP contribution in [0.4, 0.5) is 15.8 Å². The summed E-state index contributed by atoms with van der Waals surface area (Å²) in [4.78, 5) is 22.2. The Labute approximate surface area is 140 Å². The van der Waals surface area contributed by atoms with Crippen molar-refractivity contribution in [1.82, 2.24) is 0 Å². The maximum atomic E-state index is 13.5. The van der Waals surface area contributed by atoms with Crippen LogP contribution in [0.5, 0.6) is 0 Å². The van der Waals surface area contributed by atoms with E-state index in [0.717, 1.165) is 18.2 Å². The minimum atomic E-state index is -0.856. The standard InChI is InChI=1S/C16H9ClFN3O3/c17-13-6-5-12(21(23)24)8-10(13)7-11(9-19)16(22)20-15-4-2-1-3-14(15)18/h1-8H,(H,20,22)/b11-7-. The number of nitrogens with zero attached hydrogens (tertiary/aromatic N) is 2. The van der Waals surface area contributed by atoms with Crippen LogP contribution in [0.25, 0.3) is 6.08 Å². The number of carbonyl (C=O) groups is 1. The average Bonchev–Trinajstić information content (AvgIpc) is 2.55. The van der Waals surface area contributed by atoms with Gasteiger partial charge in [-0.3, -0.25) is 14.9 Å². The van der Waals surface area contributed by atoms with Crippen molar-refractivity contribution < 1.29 is 14.1 Å². The SMILES string of the molecule is N#C/C(=C/c1cc([N+](=O)[O-])ccc1Cl)C(=O)Nc1ccccc1F. The Morgan fingerprint density at radius 3 is 2.67 bits per heavy atom. The van der Waals surface area contributed by atoms with E-state index in [1.165, 1.54) is 30.3 Å². The molecule has 2 rings (SSSR count). The zero-order chi connectivity index (χ0) is 17.7. The molecular weight excluding hydrogens is 337 g/mol. The number of amides is 1. The monoisotopic (exact) mass is 345 g/mol. The molecule has 120 valence electrons. The largest absolute Gasteiger partial charge is 0.319 e. The van der Waals surface area contributed by atoms with Gasteiger partial charge in [-0.05, 0) is 24.3 Å². The molecule has 1 N–H and O–H groups in total. The number of rotatable bonds is 4. The molecule has 0 bridgehead atoms. The quantitative estimate of drug-likeness (QED) is 0.393. The van der Waals surface area contributed by atoms with Gasteiger partial charge in [-0.1, -0.05) is 23.7 Å². The van der Waals surface area contributed by atoms with Crippen molar-refractivity contribution in [2.75, 3.05) is 5.32 Å². The van der Waals surface area contributed by atoms with E-state index in [1.54, 1.807) is 6.07 Å². The lowest BCUT2D eigenvalue weighted by atomic mass is 10.1. The molecule has 0 radical (unpaired) electrons. The molecule has 0 aliphatic rings. The normalized spacial score (nSPS) is 10.8. The number of non-ortho nitro benzene ring substituents is 1. The fraction of sp³-hybridized carbons (Fsp3) is 0. The summed E-state index contributed by atoms with van der Waals surface area (Å²) < 4.78 is 13.5. The highest BCUT2D eigenvalue weighted by Gasteiger charge is 2.14. The van der Waals surface area contributed by atoms with E-state index in [0.29, 0.717) is 0 Å². The number of benzene rings is 2. The van der Waals surface area contributed by atoms with Crippen LogP contribution in [0.2, 0.25) is 5.02 Å². The lowest BCUT2D eigenvalue weighted by molar-refractivity contribution is -0.384. The first-order valence-corrected chi connectivity index (χ1v) is 6.92. The summed E-state index contributed by atoms with van der Waals surface area (Å²) in [5.74, 6) is -1.51. The first-order chi connectivity index (χ1) is 11.4. The van der Waals surface area contributed by atoms with Crippen LogP contribution in [0.1, 0.15) is 5.56 Å². The van der Waals surface area contributed by atoms with Gasteiger partial charge < -0.3 is 5.32 Å². The van der Waals surface area contributed by atoms with Crippen LogP contribution in [0.3, 0.4) is 0 Å². The Balaban J connectivity index is 2.34. The highest BCUT2D eigenvalue weighted by molar-refractivity contribution is 6.32. The molecule has 2 aromatic carbocycles. The van der Waals surface area contributed by atoms with Gasteiger partial charge >= 0.3 is 0 Å². The first-order valence-electron chi connectivity index (χ1n) is 6.54. The highest BCUT2D eigenvalue weighted by atomic mass is 35.5. The number of nitrogens with one attached hydrogen (secondary N) is 1. The van der Waals surface area contributed by atoms with E-state index in [-0.39, 0.29) is 27.5 Å². The van der Waals surface area contributed by atoms with Gasteiger partial charge in [0.1, 0.15) is 17.5 Å². The lowest BCUT2D eigenvalue weighted by Crippen LogP contribution is -2.14. The van der Waals surface area contributed by atoms with Gasteiger partial charge in [0.05, 0.1) is 10.6 Å². The van der Waals surface area contributed by atoms with Gasteiger partial charge in [0.25, 0.3) is 11.6 Å². The van der Waals surface area contributed by atoms with E-state index in [1.807, 2.05) is 0 Å². The van der Waals surface area contributed by atoms with Crippen LogP contribution in [0.15, 0.2) is 48.0 Å². The van der Waals surface area contributed by atoms with Crippen LogP contribution < -0.4 is 5.32 Å². The fourth-order valence-corrected chi connectivity index (χ4v) is 1.98. The third-order valence-corrected chi connectivity index (χ3v) is 3.32. The summed E-state index contributed by atoms with van der Waals surface area (Å²) in [6.45, 7) is 0. The molecule has 0 aliphatic heterocycles. The second kappa shape index (κ2) is 7.35. The molecule has 0 aromatic heterocycles. The molecule has 2 aromatic rings. The van der Waals surface area contributed by atoms with Gasteiger partial charge in [0.15, 0.2) is 0 Å². The van der Waals surface area contributed by atoms with Crippen molar-refractivity contribution in [2.24, 2.45) is 0 Å². The van der Waals surface area contributed by atoms with Crippen molar-refractivity contribution in [3.63, 3.8) is 0 Å². The van der Waals surface area contributed by atoms with Crippen LogP contribution >= 0.6 is 11.6 Å². The summed E-state index contributed by atoms with van der Waals surface area (Å²) in [6.07, 6.45) is 1.10. The van der Waals surface area contributed by atoms with Gasteiger partial charge in [0, 0.05) is 22.7 Å². The topological polar surface area (TPSA) is 96.0 Å². The Morgan fingerprint density at radius 2 is 2.04 bits per heavy atom. The molecule has 0 saturated heterocycles. The lowest BCUT2D eigenvalue weighted by Gasteiger charge is -2.05. The van der Waals surface area contributed by atoms with Crippen molar-refractivity contribution in [1.29, 1.82) is 5.26 Å². The van der Waals surface area contributed by atoms with E-state index in [2.05, 4.69) is 5.32 Å². The first kappa shape index (κ1) is 17.1. The van der Waals surface area contributed by atoms with Crippen molar-refractivity contribution in [3.05, 3.63) is 74.6 Å². The molecular formula is C16H9ClFN3O3. The minimum Gasteiger partial charge on any atom is -0.319 e. The molecule has 1 amide bonds. The Bertz CT molecular complexity index is 890. The zero-order valence-corrected chi connectivity index (χ0v) is 12.7. The van der Waals surface area contributed by atoms with E-state index in [4.69, 9.17) is 16.9 Å². The molecule has 0 fully saturated rings. The van der Waals surface area contributed by atoms with Gasteiger partial charge in [-0.25, -0.2) is 4.39 Å². The number of nitro groups is 1. The number of hydrogen-bond donors (Lipinski definition) is 1. The molecule has 0 unspecified atom stereocenters. The number of nitriles is 1. The van der Waals surface area contributed by atoms with E-state index >= 15 is 0 Å². The summed E-state index contributed by atoms with van der Waals surface area (Å²) in [7, 11) is 0. The Hall–Kier alpha value is -3.24. The second-order valence-corrected chi connectivity index (χ2v) is 4.97. The third-order valence-electron chi connectivity index (χ3n) is 2.98. The Kier molecular flexibility index (Phi) is 5.24. The van der Waals surface area contributed by atoms with Gasteiger partial charge in [-0.15, -0.1) is 0 Å². The predicted molar refractivity (Wildman–Crippen MR) is 86.7 cm³/mol. The summed E-state index contributed by atoms with van der Waals surface area (Å²) in [6, 6.07) is 10.8. The van der Waals surface area contributed by atoms with Crippen molar-refractivity contribution >= 4 is 35.0 Å². The maximum Gasteiger partial charge on any atom is 0.270 e. The smallest absolute Gasteiger partial charge is 0.270 e. The van der Waals surface area contributed by atoms with Crippen molar-refractivity contribution in [3.8, 4) is 6.07 Å². The molecule has 8 heteroatoms. The number of nitro benzene ring substituents is 1. The second-order valence-electron chi connectivity index (χ2n) is 4.57. The Morgan fingerprint density at radius 1 is 1.33 bits per heavy atom. The van der Waals surface area contributed by atoms with Gasteiger partial charge in [-0.2, -0.15) is 5.26 Å². The van der Waals surface area contributed by atoms with Gasteiger partial charge in [0.2, 0.25) is 0 Å². The number of anilines is 1. The van der Waals surface area contributed by atoms with E-state index in [9.17, 15) is 19.3 Å². The third kappa shape index (κ3) is 3.94. The summed E-state index contributed by atoms with van der Waals surface area (Å²) >= 11 is 5.92. The average molecular weight is 346 g/mol. The molecule has 6 nitrogen and oxygen atoms in total. The van der Waals surface area contributed by atoms with Crippen LogP contribution in [-0.4, -0.2) is 10.8 Å². The molecule has 0 aliphatic carbocycles. The zero-order valence-electron chi connectivity index (χ0n) is 12.0. The molecule has 0 saturated carbocycles. The molecule has 0 spiro atoms. The van der Waals surface area contributed by atoms with Crippen LogP contribution in [0, 0.1) is 27.3 Å². The minimum absolute atomic E-state index is 0.0891. The predicted octanol–water partition coefficient (Wildman–Crippen LogP) is 3.93. The number of hydrogen-bond acceptors (Lipinski definition) is 4. The van der Waals surface area contributed by atoms with Crippen molar-refractivity contribution in [2.45, 2.75) is 0 Å². The number of para-hydroxylation sites is 1. The summed E-state index contributed by atoms with van der Waals surface area (Å²) in [5, 5.41) is 22.3.